The Morgan fingerprint density at radius 2 is 1.64 bits per heavy atom. The van der Waals surface area contributed by atoms with Crippen molar-refractivity contribution in [3.63, 3.8) is 0 Å². The second-order valence-corrected chi connectivity index (χ2v) is 1.16. The van der Waals surface area contributed by atoms with Crippen molar-refractivity contribution in [2.75, 3.05) is 0 Å². The summed E-state index contributed by atoms with van der Waals surface area (Å²) >= 11 is 0. The van der Waals surface area contributed by atoms with Crippen LogP contribution in [0.4, 0.5) is 4.79 Å². The van der Waals surface area contributed by atoms with Gasteiger partial charge in [-0.15, -0.1) is 0 Å². The van der Waals surface area contributed by atoms with Gasteiger partial charge in [-0.05, 0) is 0 Å². The second kappa shape index (κ2) is 8.40. The molecule has 64 valence electrons. The molecule has 0 saturated heterocycles. The topological polar surface area (TPSA) is 130 Å². The Balaban J connectivity index is 0. The zero-order valence-electron chi connectivity index (χ0n) is 5.70. The normalized spacial score (nSPS) is 6.73. The van der Waals surface area contributed by atoms with Gasteiger partial charge in [0.05, 0.1) is 0 Å². The Kier molecular flexibility index (Phi) is 9.25. The quantitative estimate of drug-likeness (QED) is 0.136. The molecule has 0 saturated carbocycles. The zero-order chi connectivity index (χ0) is 9.28. The standard InChI is InChI=1S/C3H4O2.CH6N4O/c1-2-3(4)5;2-4-1(6)5-3/h2H,1H2,(H,4,5);2-3H2,(H2,4,5,6). The first-order valence-corrected chi connectivity index (χ1v) is 2.41. The number of nitrogens with two attached hydrogens (primary N) is 2. The second-order valence-electron chi connectivity index (χ2n) is 1.16. The SMILES string of the molecule is C=CC(=O)O.NNC(=O)NN. The van der Waals surface area contributed by atoms with Gasteiger partial charge in [-0.1, -0.05) is 6.58 Å². The van der Waals surface area contributed by atoms with E-state index in [9.17, 15) is 9.59 Å². The van der Waals surface area contributed by atoms with Crippen molar-refractivity contribution >= 4 is 12.0 Å². The minimum absolute atomic E-state index is 0.602. The number of hydrogen-bond donors (Lipinski definition) is 5. The largest absolute Gasteiger partial charge is 0.478 e. The van der Waals surface area contributed by atoms with Gasteiger partial charge in [-0.25, -0.2) is 21.3 Å². The van der Waals surface area contributed by atoms with E-state index in [1.54, 1.807) is 10.9 Å². The van der Waals surface area contributed by atoms with Crippen LogP contribution in [-0.4, -0.2) is 17.1 Å². The summed E-state index contributed by atoms with van der Waals surface area (Å²) in [5.41, 5.74) is 3.48. The predicted octanol–water partition coefficient (Wildman–Crippen LogP) is -1.71. The molecule has 7 N–H and O–H groups in total. The Bertz CT molecular complexity index is 140. The average Bonchev–Trinajstić information content (AvgIpc) is 2.04. The zero-order valence-corrected chi connectivity index (χ0v) is 5.70. The fourth-order valence-corrected chi connectivity index (χ4v) is 0.0417. The molecule has 0 fully saturated rings. The van der Waals surface area contributed by atoms with Crippen LogP contribution in [-0.2, 0) is 4.79 Å². The van der Waals surface area contributed by atoms with Crippen molar-refractivity contribution in [2.45, 2.75) is 0 Å². The Morgan fingerprint density at radius 1 is 1.36 bits per heavy atom. The molecule has 0 rings (SSSR count). The van der Waals surface area contributed by atoms with Crippen LogP contribution < -0.4 is 22.5 Å². The number of aliphatic carboxylic acids is 1. The minimum atomic E-state index is -0.981. The van der Waals surface area contributed by atoms with Gasteiger partial charge >= 0.3 is 12.0 Å². The van der Waals surface area contributed by atoms with Crippen molar-refractivity contribution in [1.82, 2.24) is 10.9 Å². The highest BCUT2D eigenvalue weighted by Crippen LogP contribution is 1.54. The first kappa shape index (κ1) is 12.1. The van der Waals surface area contributed by atoms with E-state index in [2.05, 4.69) is 18.3 Å². The number of hydrogen-bond acceptors (Lipinski definition) is 4. The van der Waals surface area contributed by atoms with Crippen molar-refractivity contribution in [3.05, 3.63) is 12.7 Å². The van der Waals surface area contributed by atoms with E-state index >= 15 is 0 Å². The molecule has 0 unspecified atom stereocenters. The summed E-state index contributed by atoms with van der Waals surface area (Å²) in [5.74, 6) is 8.10. The van der Waals surface area contributed by atoms with Crippen LogP contribution in [0.15, 0.2) is 12.7 Å². The van der Waals surface area contributed by atoms with Gasteiger partial charge in [0.1, 0.15) is 0 Å². The number of carbonyl (C=O) groups excluding carboxylic acids is 1. The Hall–Kier alpha value is -1.60. The van der Waals surface area contributed by atoms with E-state index in [1.165, 1.54) is 0 Å². The number of carbonyl (C=O) groups is 2. The molecule has 0 spiro atoms. The maximum Gasteiger partial charge on any atom is 0.343 e. The van der Waals surface area contributed by atoms with Gasteiger partial charge in [0, 0.05) is 6.08 Å². The number of carboxylic acids is 1. The number of nitrogens with one attached hydrogen (secondary N) is 2. The maximum absolute atomic E-state index is 9.71. The summed E-state index contributed by atoms with van der Waals surface area (Å²) in [6.45, 7) is 2.96. The van der Waals surface area contributed by atoms with Gasteiger partial charge < -0.3 is 5.11 Å². The first-order valence-electron chi connectivity index (χ1n) is 2.41. The summed E-state index contributed by atoms with van der Waals surface area (Å²) in [4.78, 5) is 19.0. The molecule has 0 radical (unpaired) electrons. The fourth-order valence-electron chi connectivity index (χ4n) is 0.0417. The van der Waals surface area contributed by atoms with Crippen LogP contribution in [0.2, 0.25) is 0 Å². The molecular formula is C4H10N4O3. The third-order valence-corrected chi connectivity index (χ3v) is 0.437. The average molecular weight is 162 g/mol. The van der Waals surface area contributed by atoms with Gasteiger partial charge in [0.15, 0.2) is 0 Å². The number of rotatable bonds is 1. The van der Waals surface area contributed by atoms with E-state index < -0.39 is 12.0 Å². The van der Waals surface area contributed by atoms with Crippen LogP contribution in [0, 0.1) is 0 Å². The highest BCUT2D eigenvalue weighted by molar-refractivity contribution is 5.78. The molecule has 0 aromatic heterocycles. The van der Waals surface area contributed by atoms with Crippen LogP contribution in [0.3, 0.4) is 0 Å². The smallest absolute Gasteiger partial charge is 0.343 e. The number of amides is 2. The monoisotopic (exact) mass is 162 g/mol. The summed E-state index contributed by atoms with van der Waals surface area (Å²) < 4.78 is 0. The lowest BCUT2D eigenvalue weighted by Gasteiger charge is -1.90. The number of hydrazine groups is 2. The molecule has 0 aliphatic carbocycles. The lowest BCUT2D eigenvalue weighted by Crippen LogP contribution is -2.43. The third kappa shape index (κ3) is 17.8. The van der Waals surface area contributed by atoms with E-state index in [0.29, 0.717) is 0 Å². The van der Waals surface area contributed by atoms with Crippen molar-refractivity contribution in [1.29, 1.82) is 0 Å². The van der Waals surface area contributed by atoms with E-state index in [-0.39, 0.29) is 0 Å². The van der Waals surface area contributed by atoms with E-state index in [1.807, 2.05) is 0 Å². The molecule has 7 heteroatoms. The van der Waals surface area contributed by atoms with Crippen LogP contribution in [0.5, 0.6) is 0 Å². The van der Waals surface area contributed by atoms with Crippen molar-refractivity contribution in [2.24, 2.45) is 11.7 Å². The van der Waals surface area contributed by atoms with Crippen molar-refractivity contribution in [3.8, 4) is 0 Å². The van der Waals surface area contributed by atoms with Crippen LogP contribution in [0.25, 0.3) is 0 Å². The summed E-state index contributed by atoms with van der Waals surface area (Å²) in [7, 11) is 0. The van der Waals surface area contributed by atoms with Crippen LogP contribution in [0.1, 0.15) is 0 Å². The number of carboxylic acid groups (broad SMARTS) is 1. The fraction of sp³-hybridized carbons (Fsp3) is 0. The summed E-state index contributed by atoms with van der Waals surface area (Å²) in [5, 5.41) is 7.60. The van der Waals surface area contributed by atoms with Gasteiger partial charge in [-0.2, -0.15) is 0 Å². The highest BCUT2D eigenvalue weighted by Gasteiger charge is 1.83. The lowest BCUT2D eigenvalue weighted by molar-refractivity contribution is -0.131. The molecule has 0 aliphatic heterocycles. The molecule has 0 bridgehead atoms. The van der Waals surface area contributed by atoms with Gasteiger partial charge in [0.25, 0.3) is 0 Å². The Morgan fingerprint density at radius 3 is 1.64 bits per heavy atom. The molecule has 7 nitrogen and oxygen atoms in total. The first-order chi connectivity index (χ1) is 5.08. The molecule has 11 heavy (non-hydrogen) atoms. The molecule has 0 heterocycles. The molecule has 2 amide bonds. The Labute approximate surface area is 63.0 Å². The van der Waals surface area contributed by atoms with E-state index in [0.717, 1.165) is 6.08 Å². The van der Waals surface area contributed by atoms with Gasteiger partial charge in [0.2, 0.25) is 0 Å². The van der Waals surface area contributed by atoms with E-state index in [4.69, 9.17) is 5.11 Å². The number of urea groups is 1. The van der Waals surface area contributed by atoms with Crippen molar-refractivity contribution < 1.29 is 14.7 Å². The predicted molar refractivity (Wildman–Crippen MR) is 37.9 cm³/mol. The lowest BCUT2D eigenvalue weighted by atomic mass is 10.7. The molecule has 0 aromatic carbocycles. The molecule has 0 aliphatic rings. The molecule has 0 atom stereocenters. The molecular weight excluding hydrogens is 152 g/mol. The van der Waals surface area contributed by atoms with Crippen LogP contribution >= 0.6 is 0 Å². The molecule has 0 aromatic rings. The van der Waals surface area contributed by atoms with Gasteiger partial charge in [-0.3, -0.25) is 10.9 Å². The summed E-state index contributed by atoms with van der Waals surface area (Å²) in [6.07, 6.45) is 0.833. The minimum Gasteiger partial charge on any atom is -0.478 e. The summed E-state index contributed by atoms with van der Waals surface area (Å²) in [6, 6.07) is -0.602. The third-order valence-electron chi connectivity index (χ3n) is 0.437. The maximum atomic E-state index is 9.71. The highest BCUT2D eigenvalue weighted by atomic mass is 16.4.